The number of rotatable bonds is 7. The van der Waals surface area contributed by atoms with Gasteiger partial charge in [-0.25, -0.2) is 0 Å². The van der Waals surface area contributed by atoms with Crippen LogP contribution in [0.15, 0.2) is 66.4 Å². The summed E-state index contributed by atoms with van der Waals surface area (Å²) in [5, 5.41) is 16.7. The number of amides is 2. The maximum Gasteiger partial charge on any atom is 0.272 e. The molecular formula is C23H16Cl3N3O5. The van der Waals surface area contributed by atoms with Crippen molar-refractivity contribution in [2.24, 2.45) is 0 Å². The normalized spacial score (nSPS) is 11.0. The Hall–Kier alpha value is -3.59. The standard InChI is InChI=1S/C23H16Cl3N3O5/c1-34-16-7-8-17(19(25)12-16)22(30)28-21(10-13-2-5-15(6-3-13)29(32)33)23(31)27-14-4-9-18(24)20(26)11-14/h2-12H,1H3,(H,27,31)(H,28,30)/b21-10+. The number of nitro groups is 1. The lowest BCUT2D eigenvalue weighted by molar-refractivity contribution is -0.384. The number of carbonyl (C=O) groups excluding carboxylic acids is 2. The molecule has 0 aliphatic heterocycles. The Kier molecular flexibility index (Phi) is 8.12. The van der Waals surface area contributed by atoms with Crippen LogP contribution in [-0.4, -0.2) is 23.8 Å². The van der Waals surface area contributed by atoms with Crippen molar-refractivity contribution in [3.63, 3.8) is 0 Å². The van der Waals surface area contributed by atoms with Gasteiger partial charge in [-0.05, 0) is 60.2 Å². The lowest BCUT2D eigenvalue weighted by atomic mass is 10.1. The van der Waals surface area contributed by atoms with Gasteiger partial charge in [0.05, 0.1) is 32.7 Å². The first-order valence-corrected chi connectivity index (χ1v) is 10.7. The Morgan fingerprint density at radius 1 is 0.941 bits per heavy atom. The van der Waals surface area contributed by atoms with Crippen LogP contribution >= 0.6 is 34.8 Å². The highest BCUT2D eigenvalue weighted by Crippen LogP contribution is 2.26. The fourth-order valence-corrected chi connectivity index (χ4v) is 3.34. The van der Waals surface area contributed by atoms with Crippen LogP contribution in [0.1, 0.15) is 15.9 Å². The molecule has 3 aromatic rings. The molecule has 0 unspecified atom stereocenters. The summed E-state index contributed by atoms with van der Waals surface area (Å²) in [5.74, 6) is -0.861. The number of hydrogen-bond acceptors (Lipinski definition) is 5. The Balaban J connectivity index is 1.93. The summed E-state index contributed by atoms with van der Waals surface area (Å²) < 4.78 is 5.08. The van der Waals surface area contributed by atoms with Gasteiger partial charge in [0, 0.05) is 17.8 Å². The van der Waals surface area contributed by atoms with Gasteiger partial charge in [-0.15, -0.1) is 0 Å². The van der Waals surface area contributed by atoms with Gasteiger partial charge in [0.2, 0.25) is 0 Å². The molecule has 8 nitrogen and oxygen atoms in total. The molecule has 0 heterocycles. The van der Waals surface area contributed by atoms with E-state index in [-0.39, 0.29) is 27.0 Å². The van der Waals surface area contributed by atoms with Gasteiger partial charge in [0.1, 0.15) is 11.4 Å². The highest BCUT2D eigenvalue weighted by Gasteiger charge is 2.18. The summed E-state index contributed by atoms with van der Waals surface area (Å²) in [4.78, 5) is 36.3. The minimum absolute atomic E-state index is 0.111. The van der Waals surface area contributed by atoms with Crippen LogP contribution in [0.3, 0.4) is 0 Å². The maximum atomic E-state index is 13.0. The lowest BCUT2D eigenvalue weighted by Crippen LogP contribution is -2.31. The van der Waals surface area contributed by atoms with Crippen molar-refractivity contribution in [3.8, 4) is 5.75 Å². The van der Waals surface area contributed by atoms with Crippen LogP contribution in [0, 0.1) is 10.1 Å². The van der Waals surface area contributed by atoms with E-state index in [0.717, 1.165) is 0 Å². The number of methoxy groups -OCH3 is 1. The van der Waals surface area contributed by atoms with E-state index >= 15 is 0 Å². The van der Waals surface area contributed by atoms with Crippen molar-refractivity contribution < 1.29 is 19.2 Å². The Labute approximate surface area is 209 Å². The van der Waals surface area contributed by atoms with Crippen LogP contribution < -0.4 is 15.4 Å². The van der Waals surface area contributed by atoms with E-state index in [9.17, 15) is 19.7 Å². The Bertz CT molecular complexity index is 1290. The number of nitrogens with zero attached hydrogens (tertiary/aromatic N) is 1. The molecule has 11 heteroatoms. The zero-order chi connectivity index (χ0) is 24.8. The van der Waals surface area contributed by atoms with Gasteiger partial charge in [0.15, 0.2) is 0 Å². The second kappa shape index (κ2) is 11.0. The van der Waals surface area contributed by atoms with E-state index in [1.54, 1.807) is 6.07 Å². The fraction of sp³-hybridized carbons (Fsp3) is 0.0435. The van der Waals surface area contributed by atoms with Crippen molar-refractivity contribution in [1.82, 2.24) is 5.32 Å². The number of benzene rings is 3. The highest BCUT2D eigenvalue weighted by molar-refractivity contribution is 6.42. The van der Waals surface area contributed by atoms with Crippen molar-refractivity contribution in [2.75, 3.05) is 12.4 Å². The van der Waals surface area contributed by atoms with Gasteiger partial charge in [0.25, 0.3) is 17.5 Å². The molecular weight excluding hydrogens is 505 g/mol. The van der Waals surface area contributed by atoms with E-state index in [1.807, 2.05) is 0 Å². The number of anilines is 1. The number of hydrogen-bond donors (Lipinski definition) is 2. The van der Waals surface area contributed by atoms with Gasteiger partial charge >= 0.3 is 0 Å². The molecule has 0 atom stereocenters. The van der Waals surface area contributed by atoms with Crippen molar-refractivity contribution in [2.45, 2.75) is 0 Å². The predicted octanol–water partition coefficient (Wildman–Crippen LogP) is 5.97. The first-order valence-electron chi connectivity index (χ1n) is 9.55. The van der Waals surface area contributed by atoms with Crippen LogP contribution in [0.2, 0.25) is 15.1 Å². The molecule has 0 radical (unpaired) electrons. The quantitative estimate of drug-likeness (QED) is 0.226. The predicted molar refractivity (Wildman–Crippen MR) is 132 cm³/mol. The molecule has 3 rings (SSSR count). The summed E-state index contributed by atoms with van der Waals surface area (Å²) in [6, 6.07) is 14.4. The van der Waals surface area contributed by atoms with Gasteiger partial charge < -0.3 is 15.4 Å². The van der Waals surface area contributed by atoms with Crippen LogP contribution in [-0.2, 0) is 4.79 Å². The molecule has 0 saturated heterocycles. The van der Waals surface area contributed by atoms with E-state index in [4.69, 9.17) is 39.5 Å². The third kappa shape index (κ3) is 6.26. The first kappa shape index (κ1) is 25.0. The molecule has 0 fully saturated rings. The largest absolute Gasteiger partial charge is 0.497 e. The highest BCUT2D eigenvalue weighted by atomic mass is 35.5. The number of non-ortho nitro benzene ring substituents is 1. The van der Waals surface area contributed by atoms with Crippen molar-refractivity contribution in [3.05, 3.63) is 103 Å². The Morgan fingerprint density at radius 3 is 2.24 bits per heavy atom. The van der Waals surface area contributed by atoms with E-state index in [2.05, 4.69) is 10.6 Å². The summed E-state index contributed by atoms with van der Waals surface area (Å²) in [6.45, 7) is 0. The molecule has 2 N–H and O–H groups in total. The van der Waals surface area contributed by atoms with Crippen LogP contribution in [0.4, 0.5) is 11.4 Å². The molecule has 0 aliphatic rings. The number of nitrogens with one attached hydrogen (secondary N) is 2. The summed E-state index contributed by atoms with van der Waals surface area (Å²) >= 11 is 18.1. The molecule has 0 aromatic heterocycles. The molecule has 174 valence electrons. The van der Waals surface area contributed by atoms with E-state index in [0.29, 0.717) is 22.0 Å². The third-order valence-corrected chi connectivity index (χ3v) is 5.56. The van der Waals surface area contributed by atoms with Gasteiger partial charge in [-0.1, -0.05) is 34.8 Å². The van der Waals surface area contributed by atoms with Gasteiger partial charge in [-0.2, -0.15) is 0 Å². The summed E-state index contributed by atoms with van der Waals surface area (Å²) in [5.41, 5.74) is 0.626. The average Bonchev–Trinajstić information content (AvgIpc) is 2.81. The molecule has 0 saturated carbocycles. The van der Waals surface area contributed by atoms with Crippen LogP contribution in [0.25, 0.3) is 6.08 Å². The van der Waals surface area contributed by atoms with E-state index < -0.39 is 16.7 Å². The molecule has 2 amide bonds. The van der Waals surface area contributed by atoms with Crippen LogP contribution in [0.5, 0.6) is 5.75 Å². The number of halogens is 3. The summed E-state index contributed by atoms with van der Waals surface area (Å²) in [6.07, 6.45) is 1.37. The minimum Gasteiger partial charge on any atom is -0.497 e. The zero-order valence-corrected chi connectivity index (χ0v) is 19.7. The van der Waals surface area contributed by atoms with Crippen molar-refractivity contribution >= 4 is 64.1 Å². The van der Waals surface area contributed by atoms with Gasteiger partial charge in [-0.3, -0.25) is 19.7 Å². The summed E-state index contributed by atoms with van der Waals surface area (Å²) in [7, 11) is 1.46. The number of ether oxygens (including phenoxy) is 1. The first-order chi connectivity index (χ1) is 16.2. The molecule has 0 bridgehead atoms. The van der Waals surface area contributed by atoms with Crippen molar-refractivity contribution in [1.29, 1.82) is 0 Å². The molecule has 34 heavy (non-hydrogen) atoms. The zero-order valence-electron chi connectivity index (χ0n) is 17.5. The topological polar surface area (TPSA) is 111 Å². The maximum absolute atomic E-state index is 13.0. The number of nitro benzene ring substituents is 1. The smallest absolute Gasteiger partial charge is 0.272 e. The fourth-order valence-electron chi connectivity index (χ4n) is 2.79. The third-order valence-electron chi connectivity index (χ3n) is 4.51. The monoisotopic (exact) mass is 519 g/mol. The molecule has 0 aliphatic carbocycles. The second-order valence-corrected chi connectivity index (χ2v) is 8.01. The minimum atomic E-state index is -0.672. The SMILES string of the molecule is COc1ccc(C(=O)N/C(=C/c2ccc([N+](=O)[O-])cc2)C(=O)Nc2ccc(Cl)c(Cl)c2)c(Cl)c1. The second-order valence-electron chi connectivity index (χ2n) is 6.79. The number of carbonyl (C=O) groups is 2. The molecule has 0 spiro atoms. The average molecular weight is 521 g/mol. The Morgan fingerprint density at radius 2 is 1.65 bits per heavy atom. The van der Waals surface area contributed by atoms with E-state index in [1.165, 1.54) is 67.8 Å². The lowest BCUT2D eigenvalue weighted by Gasteiger charge is -2.13. The molecule has 3 aromatic carbocycles.